The number of amides is 1. The highest BCUT2D eigenvalue weighted by atomic mass is 19.1. The van der Waals surface area contributed by atoms with Gasteiger partial charge in [0.05, 0.1) is 25.4 Å². The lowest BCUT2D eigenvalue weighted by molar-refractivity contribution is 0.0574. The van der Waals surface area contributed by atoms with Gasteiger partial charge in [-0.1, -0.05) is 0 Å². The third kappa shape index (κ3) is 4.95. The zero-order valence-corrected chi connectivity index (χ0v) is 14.9. The first kappa shape index (κ1) is 19.2. The topological polar surface area (TPSA) is 94.5 Å². The van der Waals surface area contributed by atoms with Crippen LogP contribution in [0, 0.1) is 5.82 Å². The number of carbonyl (C=O) groups is 2. The highest BCUT2D eigenvalue weighted by Gasteiger charge is 2.27. The van der Waals surface area contributed by atoms with Crippen LogP contribution < -0.4 is 9.64 Å². The summed E-state index contributed by atoms with van der Waals surface area (Å²) >= 11 is 0. The fraction of sp³-hybridized carbons (Fsp3) is 0.353. The number of halogens is 1. The molecule has 0 atom stereocenters. The van der Waals surface area contributed by atoms with Gasteiger partial charge in [-0.15, -0.1) is 0 Å². The van der Waals surface area contributed by atoms with E-state index in [1.54, 1.807) is 20.8 Å². The van der Waals surface area contributed by atoms with Crippen LogP contribution in [-0.2, 0) is 11.3 Å². The molecule has 0 aliphatic heterocycles. The first-order valence-corrected chi connectivity index (χ1v) is 7.69. The first-order chi connectivity index (χ1) is 12.2. The molecular weight excluding hydrogens is 343 g/mol. The summed E-state index contributed by atoms with van der Waals surface area (Å²) in [6, 6.07) is 1.20. The fourth-order valence-electron chi connectivity index (χ4n) is 2.00. The SMILES string of the molecule is COc1ncc(F)cc1CN(C(=O)OC(C)(C)C)c1ncc(C=O)cn1. The number of aldehydes is 1. The Hall–Kier alpha value is -3.10. The molecule has 0 aliphatic rings. The number of methoxy groups -OCH3 is 1. The molecule has 0 aliphatic carbocycles. The van der Waals surface area contributed by atoms with Gasteiger partial charge in [-0.05, 0) is 26.8 Å². The van der Waals surface area contributed by atoms with Crippen molar-refractivity contribution in [1.29, 1.82) is 0 Å². The van der Waals surface area contributed by atoms with Gasteiger partial charge >= 0.3 is 6.09 Å². The van der Waals surface area contributed by atoms with Crippen LogP contribution >= 0.6 is 0 Å². The third-order valence-corrected chi connectivity index (χ3v) is 3.06. The molecule has 0 radical (unpaired) electrons. The minimum Gasteiger partial charge on any atom is -0.481 e. The van der Waals surface area contributed by atoms with Gasteiger partial charge in [0.2, 0.25) is 11.8 Å². The Morgan fingerprint density at radius 1 is 1.23 bits per heavy atom. The van der Waals surface area contributed by atoms with Gasteiger partial charge in [-0.3, -0.25) is 4.79 Å². The van der Waals surface area contributed by atoms with Crippen molar-refractivity contribution >= 4 is 18.3 Å². The minimum atomic E-state index is -0.762. The predicted molar refractivity (Wildman–Crippen MR) is 90.6 cm³/mol. The van der Waals surface area contributed by atoms with Crippen molar-refractivity contribution in [2.75, 3.05) is 12.0 Å². The number of ether oxygens (including phenoxy) is 2. The maximum atomic E-state index is 13.6. The summed E-state index contributed by atoms with van der Waals surface area (Å²) in [5.74, 6) is -0.428. The number of anilines is 1. The van der Waals surface area contributed by atoms with E-state index in [0.29, 0.717) is 11.8 Å². The third-order valence-electron chi connectivity index (χ3n) is 3.06. The molecule has 26 heavy (non-hydrogen) atoms. The number of aromatic nitrogens is 3. The quantitative estimate of drug-likeness (QED) is 0.755. The zero-order chi connectivity index (χ0) is 19.3. The van der Waals surface area contributed by atoms with Crippen molar-refractivity contribution in [2.24, 2.45) is 0 Å². The predicted octanol–water partition coefficient (Wildman–Crippen LogP) is 2.77. The van der Waals surface area contributed by atoms with Gasteiger partial charge in [0, 0.05) is 18.0 Å². The molecule has 0 fully saturated rings. The van der Waals surface area contributed by atoms with Gasteiger partial charge in [-0.25, -0.2) is 29.0 Å². The van der Waals surface area contributed by atoms with E-state index in [1.807, 2.05) is 0 Å². The molecule has 0 aromatic carbocycles. The van der Waals surface area contributed by atoms with E-state index in [4.69, 9.17) is 9.47 Å². The molecule has 0 unspecified atom stereocenters. The smallest absolute Gasteiger partial charge is 0.417 e. The molecular formula is C17H19FN4O4. The minimum absolute atomic E-state index is 0.00355. The lowest BCUT2D eigenvalue weighted by Crippen LogP contribution is -2.37. The van der Waals surface area contributed by atoms with Gasteiger partial charge < -0.3 is 9.47 Å². The second-order valence-electron chi connectivity index (χ2n) is 6.32. The summed E-state index contributed by atoms with van der Waals surface area (Å²) in [6.07, 6.45) is 3.40. The molecule has 0 N–H and O–H groups in total. The Balaban J connectivity index is 2.41. The average molecular weight is 362 g/mol. The summed E-state index contributed by atoms with van der Waals surface area (Å²) in [7, 11) is 1.39. The van der Waals surface area contributed by atoms with Crippen LogP contribution in [0.3, 0.4) is 0 Å². The summed E-state index contributed by atoms with van der Waals surface area (Å²) in [5.41, 5.74) is -0.202. The molecule has 2 heterocycles. The standard InChI is InChI=1S/C17H19FN4O4/c1-17(2,3)26-16(24)22(15-20-6-11(10-23)7-21-15)9-12-5-13(18)8-19-14(12)25-4/h5-8,10H,9H2,1-4H3. The molecule has 9 heteroatoms. The van der Waals surface area contributed by atoms with Gasteiger partial charge in [-0.2, -0.15) is 0 Å². The molecule has 2 aromatic rings. The molecule has 138 valence electrons. The van der Waals surface area contributed by atoms with E-state index in [9.17, 15) is 14.0 Å². The second-order valence-corrected chi connectivity index (χ2v) is 6.32. The number of pyridine rings is 1. The summed E-state index contributed by atoms with van der Waals surface area (Å²) in [5, 5.41) is 0. The number of hydrogen-bond acceptors (Lipinski definition) is 7. The Bertz CT molecular complexity index is 790. The Labute approximate surface area is 150 Å². The molecule has 0 saturated heterocycles. The normalized spacial score (nSPS) is 11.0. The highest BCUT2D eigenvalue weighted by Crippen LogP contribution is 2.22. The largest absolute Gasteiger partial charge is 0.481 e. The van der Waals surface area contributed by atoms with Crippen LogP contribution in [0.1, 0.15) is 36.7 Å². The Kier molecular flexibility index (Phi) is 5.81. The fourth-order valence-corrected chi connectivity index (χ4v) is 2.00. The van der Waals surface area contributed by atoms with Crippen LogP contribution in [0.25, 0.3) is 0 Å². The number of carbonyl (C=O) groups excluding carboxylic acids is 2. The molecule has 2 aromatic heterocycles. The molecule has 2 rings (SSSR count). The Morgan fingerprint density at radius 3 is 2.42 bits per heavy atom. The van der Waals surface area contributed by atoms with Crippen molar-refractivity contribution in [2.45, 2.75) is 32.9 Å². The Morgan fingerprint density at radius 2 is 1.88 bits per heavy atom. The van der Waals surface area contributed by atoms with Crippen LogP contribution in [0.5, 0.6) is 5.88 Å². The molecule has 0 saturated carbocycles. The first-order valence-electron chi connectivity index (χ1n) is 7.69. The van der Waals surface area contributed by atoms with E-state index >= 15 is 0 Å². The van der Waals surface area contributed by atoms with Crippen molar-refractivity contribution in [3.05, 3.63) is 41.6 Å². The maximum Gasteiger partial charge on any atom is 0.417 e. The lowest BCUT2D eigenvalue weighted by Gasteiger charge is -2.26. The van der Waals surface area contributed by atoms with Gasteiger partial charge in [0.1, 0.15) is 11.4 Å². The molecule has 0 bridgehead atoms. The molecule has 8 nitrogen and oxygen atoms in total. The van der Waals surface area contributed by atoms with Crippen molar-refractivity contribution in [3.63, 3.8) is 0 Å². The van der Waals surface area contributed by atoms with Crippen LogP contribution in [0.15, 0.2) is 24.7 Å². The highest BCUT2D eigenvalue weighted by molar-refractivity contribution is 5.86. The van der Waals surface area contributed by atoms with E-state index in [1.165, 1.54) is 25.6 Å². The second kappa shape index (κ2) is 7.85. The monoisotopic (exact) mass is 362 g/mol. The van der Waals surface area contributed by atoms with E-state index in [2.05, 4.69) is 15.0 Å². The van der Waals surface area contributed by atoms with E-state index < -0.39 is 17.5 Å². The molecule has 1 amide bonds. The van der Waals surface area contributed by atoms with E-state index in [0.717, 1.165) is 11.1 Å². The summed E-state index contributed by atoms with van der Waals surface area (Å²) in [6.45, 7) is 5.00. The van der Waals surface area contributed by atoms with Crippen LogP contribution in [0.4, 0.5) is 15.1 Å². The van der Waals surface area contributed by atoms with Crippen LogP contribution in [-0.4, -0.2) is 40.0 Å². The number of hydrogen-bond donors (Lipinski definition) is 0. The van der Waals surface area contributed by atoms with Gasteiger partial charge in [0.15, 0.2) is 6.29 Å². The lowest BCUT2D eigenvalue weighted by atomic mass is 10.2. The van der Waals surface area contributed by atoms with Crippen LogP contribution in [0.2, 0.25) is 0 Å². The number of rotatable bonds is 5. The van der Waals surface area contributed by atoms with Crippen molar-refractivity contribution in [1.82, 2.24) is 15.0 Å². The van der Waals surface area contributed by atoms with Gasteiger partial charge in [0.25, 0.3) is 0 Å². The maximum absolute atomic E-state index is 13.6. The van der Waals surface area contributed by atoms with Crippen molar-refractivity contribution in [3.8, 4) is 5.88 Å². The van der Waals surface area contributed by atoms with Crippen molar-refractivity contribution < 1.29 is 23.5 Å². The molecule has 0 spiro atoms. The average Bonchev–Trinajstić information content (AvgIpc) is 2.58. The summed E-state index contributed by atoms with van der Waals surface area (Å²) < 4.78 is 24.1. The number of nitrogens with zero attached hydrogens (tertiary/aromatic N) is 4. The summed E-state index contributed by atoms with van der Waals surface area (Å²) in [4.78, 5) is 36.3. The van der Waals surface area contributed by atoms with E-state index in [-0.39, 0.29) is 23.9 Å². The zero-order valence-electron chi connectivity index (χ0n) is 14.9.